The van der Waals surface area contributed by atoms with Crippen molar-refractivity contribution in [2.75, 3.05) is 19.6 Å². The van der Waals surface area contributed by atoms with Crippen molar-refractivity contribution >= 4 is 0 Å². The Morgan fingerprint density at radius 3 is 2.46 bits per heavy atom. The molecule has 0 bridgehead atoms. The van der Waals surface area contributed by atoms with Gasteiger partial charge in [0.15, 0.2) is 0 Å². The molecule has 0 radical (unpaired) electrons. The number of hydrogen-bond donors (Lipinski definition) is 2. The molecule has 3 nitrogen and oxygen atoms in total. The molecule has 134 valence electrons. The maximum absolute atomic E-state index is 13.0. The van der Waals surface area contributed by atoms with Crippen LogP contribution in [0.25, 0.3) is 0 Å². The summed E-state index contributed by atoms with van der Waals surface area (Å²) in [5, 5.41) is 13.9. The molecule has 1 heterocycles. The van der Waals surface area contributed by atoms with Crippen LogP contribution in [-0.2, 0) is 0 Å². The van der Waals surface area contributed by atoms with Gasteiger partial charge in [-0.2, -0.15) is 0 Å². The van der Waals surface area contributed by atoms with Crippen LogP contribution in [-0.4, -0.2) is 47.8 Å². The van der Waals surface area contributed by atoms with Crippen LogP contribution in [0, 0.1) is 5.82 Å². The number of piperidine rings is 1. The van der Waals surface area contributed by atoms with Crippen LogP contribution >= 0.6 is 0 Å². The third-order valence-electron chi connectivity index (χ3n) is 5.84. The highest BCUT2D eigenvalue weighted by atomic mass is 19.1. The summed E-state index contributed by atoms with van der Waals surface area (Å²) in [6, 6.07) is 7.80. The molecule has 0 spiro atoms. The van der Waals surface area contributed by atoms with E-state index in [0.29, 0.717) is 18.0 Å². The molecule has 2 N–H and O–H groups in total. The van der Waals surface area contributed by atoms with Crippen molar-refractivity contribution < 1.29 is 9.50 Å². The molecular weight excluding hydrogens is 303 g/mol. The fourth-order valence-electron chi connectivity index (χ4n) is 4.21. The summed E-state index contributed by atoms with van der Waals surface area (Å²) in [6.07, 6.45) is 6.74. The quantitative estimate of drug-likeness (QED) is 0.867. The largest absolute Gasteiger partial charge is 0.391 e. The van der Waals surface area contributed by atoms with Gasteiger partial charge in [-0.3, -0.25) is 4.90 Å². The lowest BCUT2D eigenvalue weighted by Gasteiger charge is -2.41. The fraction of sp³-hybridized carbons (Fsp3) is 0.700. The van der Waals surface area contributed by atoms with E-state index in [-0.39, 0.29) is 11.9 Å². The number of aliphatic hydroxyl groups is 1. The van der Waals surface area contributed by atoms with Crippen molar-refractivity contribution in [1.82, 2.24) is 10.2 Å². The number of nitrogens with zero attached hydrogens (tertiary/aromatic N) is 1. The van der Waals surface area contributed by atoms with Crippen LogP contribution in [0.4, 0.5) is 4.39 Å². The van der Waals surface area contributed by atoms with Crippen LogP contribution in [0.1, 0.15) is 56.9 Å². The molecule has 1 saturated carbocycles. The molecule has 1 aliphatic carbocycles. The lowest BCUT2D eigenvalue weighted by Crippen LogP contribution is -2.51. The summed E-state index contributed by atoms with van der Waals surface area (Å²) in [5.74, 6) is 0.222. The van der Waals surface area contributed by atoms with E-state index in [1.54, 1.807) is 12.1 Å². The van der Waals surface area contributed by atoms with Crippen molar-refractivity contribution in [2.45, 2.75) is 69.6 Å². The molecule has 24 heavy (non-hydrogen) atoms. The van der Waals surface area contributed by atoms with Gasteiger partial charge in [0.1, 0.15) is 5.82 Å². The summed E-state index contributed by atoms with van der Waals surface area (Å²) < 4.78 is 13.0. The minimum absolute atomic E-state index is 0.123. The number of rotatable bonds is 5. The van der Waals surface area contributed by atoms with E-state index in [4.69, 9.17) is 0 Å². The van der Waals surface area contributed by atoms with E-state index in [1.165, 1.54) is 18.4 Å². The Hall–Kier alpha value is -0.970. The first-order chi connectivity index (χ1) is 11.6. The summed E-state index contributed by atoms with van der Waals surface area (Å²) in [5.41, 5.74) is 1.19. The van der Waals surface area contributed by atoms with Gasteiger partial charge < -0.3 is 10.4 Å². The van der Waals surface area contributed by atoms with Crippen molar-refractivity contribution in [2.24, 2.45) is 0 Å². The van der Waals surface area contributed by atoms with Gasteiger partial charge >= 0.3 is 0 Å². The topological polar surface area (TPSA) is 35.5 Å². The SMILES string of the molecule is CC(CNC1CCN(C2CCCCC2O)CC1)c1ccc(F)cc1. The minimum atomic E-state index is -0.170. The minimum Gasteiger partial charge on any atom is -0.391 e. The van der Waals surface area contributed by atoms with E-state index in [0.717, 1.165) is 45.3 Å². The molecule has 1 saturated heterocycles. The van der Waals surface area contributed by atoms with E-state index in [9.17, 15) is 9.50 Å². The first kappa shape index (κ1) is 17.8. The van der Waals surface area contributed by atoms with Gasteiger partial charge in [0, 0.05) is 31.7 Å². The Morgan fingerprint density at radius 1 is 1.12 bits per heavy atom. The Kier molecular flexibility index (Phi) is 6.25. The molecule has 1 aromatic rings. The highest BCUT2D eigenvalue weighted by Crippen LogP contribution is 2.26. The van der Waals surface area contributed by atoms with Gasteiger partial charge in [-0.15, -0.1) is 0 Å². The summed E-state index contributed by atoms with van der Waals surface area (Å²) in [7, 11) is 0. The Labute approximate surface area is 145 Å². The smallest absolute Gasteiger partial charge is 0.123 e. The lowest BCUT2D eigenvalue weighted by atomic mass is 9.89. The molecular formula is C20H31FN2O. The fourth-order valence-corrected chi connectivity index (χ4v) is 4.21. The highest BCUT2D eigenvalue weighted by molar-refractivity contribution is 5.20. The lowest BCUT2D eigenvalue weighted by molar-refractivity contribution is 0.00719. The monoisotopic (exact) mass is 334 g/mol. The standard InChI is InChI=1S/C20H31FN2O/c1-15(16-6-8-17(21)9-7-16)14-22-18-10-12-23(13-11-18)19-4-2-3-5-20(19)24/h6-9,15,18-20,22,24H,2-5,10-14H2,1H3. The van der Waals surface area contributed by atoms with Crippen LogP contribution in [0.5, 0.6) is 0 Å². The number of aliphatic hydroxyl groups excluding tert-OH is 1. The van der Waals surface area contributed by atoms with Crippen molar-refractivity contribution in [1.29, 1.82) is 0 Å². The van der Waals surface area contributed by atoms with E-state index in [2.05, 4.69) is 17.1 Å². The van der Waals surface area contributed by atoms with Gasteiger partial charge in [0.2, 0.25) is 0 Å². The summed E-state index contributed by atoms with van der Waals surface area (Å²) in [6.45, 7) is 5.30. The van der Waals surface area contributed by atoms with E-state index >= 15 is 0 Å². The van der Waals surface area contributed by atoms with Crippen molar-refractivity contribution in [3.05, 3.63) is 35.6 Å². The average Bonchev–Trinajstić information content (AvgIpc) is 2.61. The molecule has 0 amide bonds. The van der Waals surface area contributed by atoms with E-state index < -0.39 is 0 Å². The van der Waals surface area contributed by atoms with Gasteiger partial charge in [-0.05, 0) is 49.3 Å². The number of hydrogen-bond acceptors (Lipinski definition) is 3. The third kappa shape index (κ3) is 4.56. The third-order valence-corrected chi connectivity index (χ3v) is 5.84. The number of benzene rings is 1. The Bertz CT molecular complexity index is 499. The second-order valence-corrected chi connectivity index (χ2v) is 7.59. The molecule has 0 aromatic heterocycles. The Balaban J connectivity index is 1.41. The van der Waals surface area contributed by atoms with Crippen LogP contribution < -0.4 is 5.32 Å². The first-order valence-electron chi connectivity index (χ1n) is 9.54. The average molecular weight is 334 g/mol. The van der Waals surface area contributed by atoms with Crippen LogP contribution in [0.2, 0.25) is 0 Å². The van der Waals surface area contributed by atoms with Gasteiger partial charge in [0.05, 0.1) is 6.10 Å². The summed E-state index contributed by atoms with van der Waals surface area (Å²) in [4.78, 5) is 2.51. The molecule has 1 aromatic carbocycles. The Morgan fingerprint density at radius 2 is 1.79 bits per heavy atom. The molecule has 2 fully saturated rings. The molecule has 2 aliphatic rings. The van der Waals surface area contributed by atoms with Crippen LogP contribution in [0.15, 0.2) is 24.3 Å². The second-order valence-electron chi connectivity index (χ2n) is 7.59. The zero-order valence-corrected chi connectivity index (χ0v) is 14.8. The predicted molar refractivity (Wildman–Crippen MR) is 95.7 cm³/mol. The summed E-state index contributed by atoms with van der Waals surface area (Å²) >= 11 is 0. The maximum atomic E-state index is 13.0. The number of likely N-dealkylation sites (tertiary alicyclic amines) is 1. The highest BCUT2D eigenvalue weighted by Gasteiger charge is 2.31. The zero-order chi connectivity index (χ0) is 16.9. The van der Waals surface area contributed by atoms with Crippen molar-refractivity contribution in [3.63, 3.8) is 0 Å². The number of nitrogens with one attached hydrogen (secondary N) is 1. The van der Waals surface area contributed by atoms with Crippen LogP contribution in [0.3, 0.4) is 0 Å². The van der Waals surface area contributed by atoms with E-state index in [1.807, 2.05) is 12.1 Å². The van der Waals surface area contributed by atoms with Gasteiger partial charge in [0.25, 0.3) is 0 Å². The molecule has 3 unspecified atom stereocenters. The molecule has 4 heteroatoms. The number of halogens is 1. The second kappa shape index (κ2) is 8.41. The normalized spacial score (nSPS) is 28.0. The predicted octanol–water partition coefficient (Wildman–Crippen LogP) is 3.29. The van der Waals surface area contributed by atoms with Crippen molar-refractivity contribution in [3.8, 4) is 0 Å². The van der Waals surface area contributed by atoms with Gasteiger partial charge in [-0.1, -0.05) is 31.9 Å². The molecule has 1 aliphatic heterocycles. The molecule has 3 rings (SSSR count). The zero-order valence-electron chi connectivity index (χ0n) is 14.8. The first-order valence-corrected chi connectivity index (χ1v) is 9.54. The molecule has 3 atom stereocenters. The maximum Gasteiger partial charge on any atom is 0.123 e. The van der Waals surface area contributed by atoms with Gasteiger partial charge in [-0.25, -0.2) is 4.39 Å².